The zero-order valence-corrected chi connectivity index (χ0v) is 13.1. The van der Waals surface area contributed by atoms with Crippen LogP contribution in [0.25, 0.3) is 10.9 Å². The molecule has 106 valence electrons. The zero-order chi connectivity index (χ0) is 14.8. The lowest BCUT2D eigenvalue weighted by atomic mass is 10.1. The number of aryl methyl sites for hydroxylation is 1. The first-order chi connectivity index (χ1) is 10.1. The van der Waals surface area contributed by atoms with E-state index in [1.807, 2.05) is 25.1 Å². The van der Waals surface area contributed by atoms with Gasteiger partial charge in [0.15, 0.2) is 0 Å². The highest BCUT2D eigenvalue weighted by Gasteiger charge is 2.06. The van der Waals surface area contributed by atoms with Crippen molar-refractivity contribution < 1.29 is 0 Å². The summed E-state index contributed by atoms with van der Waals surface area (Å²) < 4.78 is 0.906. The molecule has 3 aromatic rings. The van der Waals surface area contributed by atoms with Gasteiger partial charge in [0.05, 0.1) is 35.3 Å². The molecule has 0 saturated carbocycles. The van der Waals surface area contributed by atoms with Crippen molar-refractivity contribution in [3.8, 4) is 0 Å². The van der Waals surface area contributed by atoms with E-state index >= 15 is 0 Å². The first-order valence-electron chi connectivity index (χ1n) is 6.48. The third-order valence-corrected chi connectivity index (χ3v) is 3.58. The number of hydrogen-bond acceptors (Lipinski definition) is 5. The smallest absolute Gasteiger partial charge is 0.0954 e. The van der Waals surface area contributed by atoms with Crippen molar-refractivity contribution in [1.29, 1.82) is 0 Å². The summed E-state index contributed by atoms with van der Waals surface area (Å²) in [5, 5.41) is 4.25. The Morgan fingerprint density at radius 3 is 2.76 bits per heavy atom. The van der Waals surface area contributed by atoms with Crippen LogP contribution in [0.4, 0.5) is 11.4 Å². The van der Waals surface area contributed by atoms with E-state index in [0.717, 1.165) is 32.5 Å². The fourth-order valence-corrected chi connectivity index (χ4v) is 2.39. The van der Waals surface area contributed by atoms with Crippen LogP contribution >= 0.6 is 15.9 Å². The number of hydrogen-bond donors (Lipinski definition) is 2. The molecule has 2 aromatic heterocycles. The SMILES string of the molecule is Cc1cnc(CNc2ccc(N)c3cc(Br)cnc23)cn1. The monoisotopic (exact) mass is 343 g/mol. The molecule has 0 aliphatic heterocycles. The lowest BCUT2D eigenvalue weighted by Gasteiger charge is -2.10. The summed E-state index contributed by atoms with van der Waals surface area (Å²) in [4.78, 5) is 13.0. The van der Waals surface area contributed by atoms with Gasteiger partial charge in [-0.25, -0.2) is 0 Å². The summed E-state index contributed by atoms with van der Waals surface area (Å²) in [5.41, 5.74) is 10.3. The molecule has 1 aromatic carbocycles. The number of nitrogens with one attached hydrogen (secondary N) is 1. The van der Waals surface area contributed by atoms with E-state index in [1.54, 1.807) is 18.6 Å². The number of benzene rings is 1. The molecule has 2 heterocycles. The Labute approximate surface area is 130 Å². The summed E-state index contributed by atoms with van der Waals surface area (Å²) in [6.45, 7) is 2.50. The standard InChI is InChI=1S/C15H14BrN5/c1-9-5-19-11(7-18-9)8-20-14-3-2-13(17)12-4-10(16)6-21-15(12)14/h2-7,20H,8,17H2,1H3. The number of nitrogen functional groups attached to an aromatic ring is 1. The number of pyridine rings is 1. The van der Waals surface area contributed by atoms with Gasteiger partial charge < -0.3 is 11.1 Å². The topological polar surface area (TPSA) is 76.7 Å². The van der Waals surface area contributed by atoms with E-state index in [9.17, 15) is 0 Å². The molecule has 0 aliphatic rings. The van der Waals surface area contributed by atoms with E-state index in [2.05, 4.69) is 36.2 Å². The van der Waals surface area contributed by atoms with Gasteiger partial charge in [-0.15, -0.1) is 0 Å². The van der Waals surface area contributed by atoms with Crippen LogP contribution in [0.3, 0.4) is 0 Å². The fraction of sp³-hybridized carbons (Fsp3) is 0.133. The summed E-state index contributed by atoms with van der Waals surface area (Å²) in [6.07, 6.45) is 5.29. The highest BCUT2D eigenvalue weighted by molar-refractivity contribution is 9.10. The third kappa shape index (κ3) is 2.95. The van der Waals surface area contributed by atoms with Crippen molar-refractivity contribution >= 4 is 38.2 Å². The van der Waals surface area contributed by atoms with Crippen molar-refractivity contribution in [3.63, 3.8) is 0 Å². The van der Waals surface area contributed by atoms with Gasteiger partial charge in [-0.05, 0) is 41.1 Å². The van der Waals surface area contributed by atoms with Gasteiger partial charge in [0.25, 0.3) is 0 Å². The first kappa shape index (κ1) is 13.8. The largest absolute Gasteiger partial charge is 0.398 e. The van der Waals surface area contributed by atoms with E-state index < -0.39 is 0 Å². The van der Waals surface area contributed by atoms with E-state index in [-0.39, 0.29) is 0 Å². The molecule has 0 spiro atoms. The molecule has 3 N–H and O–H groups in total. The second-order valence-corrected chi connectivity index (χ2v) is 5.67. The van der Waals surface area contributed by atoms with Crippen molar-refractivity contribution in [2.75, 3.05) is 11.1 Å². The van der Waals surface area contributed by atoms with Crippen LogP contribution in [-0.4, -0.2) is 15.0 Å². The molecule has 0 radical (unpaired) electrons. The van der Waals surface area contributed by atoms with Crippen LogP contribution in [0.1, 0.15) is 11.4 Å². The lowest BCUT2D eigenvalue weighted by Crippen LogP contribution is -2.04. The molecule has 0 atom stereocenters. The Morgan fingerprint density at radius 1 is 1.14 bits per heavy atom. The molecule has 3 rings (SSSR count). The summed E-state index contributed by atoms with van der Waals surface area (Å²) in [5.74, 6) is 0. The van der Waals surface area contributed by atoms with Gasteiger partial charge >= 0.3 is 0 Å². The molecule has 0 saturated heterocycles. The first-order valence-corrected chi connectivity index (χ1v) is 7.28. The normalized spacial score (nSPS) is 10.8. The minimum Gasteiger partial charge on any atom is -0.398 e. The minimum absolute atomic E-state index is 0.587. The third-order valence-electron chi connectivity index (χ3n) is 3.14. The molecular weight excluding hydrogens is 330 g/mol. The van der Waals surface area contributed by atoms with E-state index in [0.29, 0.717) is 12.2 Å². The number of halogens is 1. The van der Waals surface area contributed by atoms with Crippen LogP contribution in [0, 0.1) is 6.92 Å². The second kappa shape index (κ2) is 5.65. The molecule has 6 heteroatoms. The number of aromatic nitrogens is 3. The summed E-state index contributed by atoms with van der Waals surface area (Å²) >= 11 is 3.42. The van der Waals surface area contributed by atoms with E-state index in [4.69, 9.17) is 5.73 Å². The molecular formula is C15H14BrN5. The quantitative estimate of drug-likeness (QED) is 0.713. The van der Waals surface area contributed by atoms with Crippen LogP contribution in [0.2, 0.25) is 0 Å². The molecule has 5 nitrogen and oxygen atoms in total. The molecule has 0 fully saturated rings. The Morgan fingerprint density at radius 2 is 2.00 bits per heavy atom. The molecule has 0 bridgehead atoms. The molecule has 0 amide bonds. The Bertz CT molecular complexity index is 786. The lowest BCUT2D eigenvalue weighted by molar-refractivity contribution is 0.985. The van der Waals surface area contributed by atoms with Crippen molar-refractivity contribution in [2.24, 2.45) is 0 Å². The molecule has 21 heavy (non-hydrogen) atoms. The predicted molar refractivity (Wildman–Crippen MR) is 88.0 cm³/mol. The number of fused-ring (bicyclic) bond motifs is 1. The highest BCUT2D eigenvalue weighted by Crippen LogP contribution is 2.28. The van der Waals surface area contributed by atoms with Gasteiger partial charge in [0, 0.05) is 27.9 Å². The number of nitrogens with zero attached hydrogens (tertiary/aromatic N) is 3. The fourth-order valence-electron chi connectivity index (χ4n) is 2.05. The summed E-state index contributed by atoms with van der Waals surface area (Å²) in [7, 11) is 0. The van der Waals surface area contributed by atoms with Gasteiger partial charge in [0.1, 0.15) is 0 Å². The maximum Gasteiger partial charge on any atom is 0.0954 e. The highest BCUT2D eigenvalue weighted by atomic mass is 79.9. The molecule has 0 unspecified atom stereocenters. The van der Waals surface area contributed by atoms with E-state index in [1.165, 1.54) is 0 Å². The summed E-state index contributed by atoms with van der Waals surface area (Å²) in [6, 6.07) is 5.77. The number of rotatable bonds is 3. The Kier molecular flexibility index (Phi) is 3.70. The minimum atomic E-state index is 0.587. The van der Waals surface area contributed by atoms with Crippen LogP contribution in [0.15, 0.2) is 41.3 Å². The van der Waals surface area contributed by atoms with Crippen LogP contribution in [-0.2, 0) is 6.54 Å². The van der Waals surface area contributed by atoms with Gasteiger partial charge in [-0.2, -0.15) is 0 Å². The average molecular weight is 344 g/mol. The van der Waals surface area contributed by atoms with Crippen molar-refractivity contribution in [2.45, 2.75) is 13.5 Å². The Balaban J connectivity index is 1.90. The number of anilines is 2. The predicted octanol–water partition coefficient (Wildman–Crippen LogP) is 3.29. The van der Waals surface area contributed by atoms with Crippen molar-refractivity contribution in [1.82, 2.24) is 15.0 Å². The Hall–Kier alpha value is -2.21. The second-order valence-electron chi connectivity index (χ2n) is 4.75. The average Bonchev–Trinajstić information content (AvgIpc) is 2.49. The maximum absolute atomic E-state index is 6.01. The van der Waals surface area contributed by atoms with Gasteiger partial charge in [-0.3, -0.25) is 15.0 Å². The van der Waals surface area contributed by atoms with Gasteiger partial charge in [-0.1, -0.05) is 0 Å². The maximum atomic E-state index is 6.01. The van der Waals surface area contributed by atoms with Gasteiger partial charge in [0.2, 0.25) is 0 Å². The zero-order valence-electron chi connectivity index (χ0n) is 11.5. The van der Waals surface area contributed by atoms with Crippen LogP contribution in [0.5, 0.6) is 0 Å². The molecule has 0 aliphatic carbocycles. The number of nitrogens with two attached hydrogens (primary N) is 1. The van der Waals surface area contributed by atoms with Crippen molar-refractivity contribution in [3.05, 3.63) is 52.7 Å². The van der Waals surface area contributed by atoms with Crippen LogP contribution < -0.4 is 11.1 Å².